The predicted molar refractivity (Wildman–Crippen MR) is 180 cm³/mol. The molecule has 15 heteroatoms. The lowest BCUT2D eigenvalue weighted by Gasteiger charge is -2.33. The molecule has 8 N–H and O–H groups in total. The Morgan fingerprint density at radius 1 is 0.760 bits per heavy atom. The van der Waals surface area contributed by atoms with Crippen LogP contribution in [0.15, 0.2) is 60.7 Å². The van der Waals surface area contributed by atoms with Gasteiger partial charge in [0.15, 0.2) is 0 Å². The quantitative estimate of drug-likeness (QED) is 0.116. The number of aliphatic hydroxyl groups is 2. The van der Waals surface area contributed by atoms with Crippen molar-refractivity contribution in [2.75, 3.05) is 19.7 Å². The molecule has 2 aromatic rings. The summed E-state index contributed by atoms with van der Waals surface area (Å²) in [5, 5.41) is 37.4. The molecule has 15 nitrogen and oxygen atoms in total. The average Bonchev–Trinajstić information content (AvgIpc) is 3.80. The standard InChI is InChI=1S/C35H46N6O9/c1-21(43)29(39-31(45)26(20-42)38-30(44)24(36)18-22-10-4-2-5-11-22)32(46)37-25(19-23-12-6-3-7-13-23)33(47)40-16-8-14-27(40)34(48)41-17-9-15-28(41)35(49)50/h2-7,10-13,21,24-29,42-43H,8-9,14-20,36H2,1H3,(H,37,46)(H,38,44)(H,39,45)(H,49,50)/t21-,24+,25+,26+,27+,28+,29+/m1/s1. The summed E-state index contributed by atoms with van der Waals surface area (Å²) < 4.78 is 0. The fraction of sp³-hybridized carbons (Fsp3) is 0.486. The molecule has 4 rings (SSSR count). The Balaban J connectivity index is 1.47. The van der Waals surface area contributed by atoms with Crippen molar-refractivity contribution in [3.8, 4) is 0 Å². The van der Waals surface area contributed by atoms with Gasteiger partial charge in [-0.2, -0.15) is 0 Å². The van der Waals surface area contributed by atoms with E-state index in [0.29, 0.717) is 31.2 Å². The van der Waals surface area contributed by atoms with Gasteiger partial charge in [0.05, 0.1) is 18.8 Å². The average molecular weight is 695 g/mol. The number of hydrogen-bond donors (Lipinski definition) is 7. The van der Waals surface area contributed by atoms with Crippen LogP contribution in [0.4, 0.5) is 0 Å². The second kappa shape index (κ2) is 17.7. The van der Waals surface area contributed by atoms with Crippen molar-refractivity contribution in [1.82, 2.24) is 25.8 Å². The molecule has 2 heterocycles. The lowest BCUT2D eigenvalue weighted by Crippen LogP contribution is -2.62. The number of nitrogens with one attached hydrogen (secondary N) is 3. The van der Waals surface area contributed by atoms with Crippen molar-refractivity contribution >= 4 is 35.5 Å². The molecule has 2 aliphatic heterocycles. The first-order chi connectivity index (χ1) is 23.9. The zero-order valence-electron chi connectivity index (χ0n) is 27.9. The van der Waals surface area contributed by atoms with Gasteiger partial charge in [-0.05, 0) is 50.2 Å². The molecule has 0 saturated carbocycles. The Bertz CT molecular complexity index is 1510. The minimum atomic E-state index is -1.60. The van der Waals surface area contributed by atoms with E-state index in [4.69, 9.17) is 5.73 Å². The number of carboxylic acid groups (broad SMARTS) is 1. The Labute approximate surface area is 290 Å². The largest absolute Gasteiger partial charge is 0.480 e. The van der Waals surface area contributed by atoms with Crippen molar-refractivity contribution in [2.24, 2.45) is 5.73 Å². The number of carbonyl (C=O) groups is 6. The van der Waals surface area contributed by atoms with E-state index >= 15 is 0 Å². The number of aliphatic carboxylic acids is 1. The maximum Gasteiger partial charge on any atom is 0.326 e. The predicted octanol–water partition coefficient (Wildman–Crippen LogP) is -1.31. The molecule has 0 bridgehead atoms. The summed E-state index contributed by atoms with van der Waals surface area (Å²) in [7, 11) is 0. The molecule has 2 fully saturated rings. The summed E-state index contributed by atoms with van der Waals surface area (Å²) in [6, 6.07) is 10.5. The zero-order valence-corrected chi connectivity index (χ0v) is 27.9. The van der Waals surface area contributed by atoms with Crippen molar-refractivity contribution < 1.29 is 44.1 Å². The van der Waals surface area contributed by atoms with E-state index in [2.05, 4.69) is 16.0 Å². The molecule has 50 heavy (non-hydrogen) atoms. The third kappa shape index (κ3) is 9.64. The van der Waals surface area contributed by atoms with Crippen LogP contribution in [0.5, 0.6) is 0 Å². The van der Waals surface area contributed by atoms with Gasteiger partial charge in [0.1, 0.15) is 30.2 Å². The number of carbonyl (C=O) groups excluding carboxylic acids is 5. The minimum Gasteiger partial charge on any atom is -0.480 e. The van der Waals surface area contributed by atoms with Gasteiger partial charge in [-0.25, -0.2) is 4.79 Å². The highest BCUT2D eigenvalue weighted by Crippen LogP contribution is 2.26. The third-order valence-corrected chi connectivity index (χ3v) is 9.05. The topological polar surface area (TPSA) is 232 Å². The number of likely N-dealkylation sites (tertiary alicyclic amines) is 2. The molecule has 7 atom stereocenters. The molecule has 0 aromatic heterocycles. The Kier molecular flexibility index (Phi) is 13.4. The number of aliphatic hydroxyl groups excluding tert-OH is 2. The van der Waals surface area contributed by atoms with Crippen molar-refractivity contribution in [2.45, 2.75) is 87.8 Å². The number of carboxylic acids is 1. The van der Waals surface area contributed by atoms with Crippen LogP contribution in [-0.2, 0) is 41.6 Å². The molecular weight excluding hydrogens is 648 g/mol. The Morgan fingerprint density at radius 2 is 1.30 bits per heavy atom. The first kappa shape index (κ1) is 38.0. The van der Waals surface area contributed by atoms with Gasteiger partial charge in [-0.15, -0.1) is 0 Å². The summed E-state index contributed by atoms with van der Waals surface area (Å²) in [4.78, 5) is 81.7. The molecule has 2 saturated heterocycles. The number of benzene rings is 2. The van der Waals surface area contributed by atoms with Crippen LogP contribution in [0.2, 0.25) is 0 Å². The second-order valence-electron chi connectivity index (χ2n) is 12.7. The molecule has 5 amide bonds. The highest BCUT2D eigenvalue weighted by molar-refractivity contribution is 5.97. The van der Waals surface area contributed by atoms with Gasteiger partial charge in [-0.3, -0.25) is 24.0 Å². The SMILES string of the molecule is C[C@@H](O)[C@H](NC(=O)[C@H](CO)NC(=O)[C@@H](N)Cc1ccccc1)C(=O)N[C@@H](Cc1ccccc1)C(=O)N1CCC[C@H]1C(=O)N1CCC[C@H]1C(=O)O. The molecule has 0 unspecified atom stereocenters. The van der Waals surface area contributed by atoms with Gasteiger partial charge < -0.3 is 46.8 Å². The normalized spacial score (nSPS) is 20.2. The monoisotopic (exact) mass is 694 g/mol. The molecule has 0 spiro atoms. The van der Waals surface area contributed by atoms with Crippen LogP contribution in [0.25, 0.3) is 0 Å². The van der Waals surface area contributed by atoms with E-state index in [-0.39, 0.29) is 25.9 Å². The summed E-state index contributed by atoms with van der Waals surface area (Å²) in [6.45, 7) is 0.902. The van der Waals surface area contributed by atoms with Crippen LogP contribution < -0.4 is 21.7 Å². The molecule has 0 radical (unpaired) electrons. The van der Waals surface area contributed by atoms with Crippen LogP contribution >= 0.6 is 0 Å². The number of hydrogen-bond acceptors (Lipinski definition) is 9. The third-order valence-electron chi connectivity index (χ3n) is 9.05. The molecule has 270 valence electrons. The fourth-order valence-corrected chi connectivity index (χ4v) is 6.37. The first-order valence-electron chi connectivity index (χ1n) is 16.8. The summed E-state index contributed by atoms with van der Waals surface area (Å²) in [5.74, 6) is -4.74. The smallest absolute Gasteiger partial charge is 0.326 e. The van der Waals surface area contributed by atoms with Gasteiger partial charge in [0, 0.05) is 19.5 Å². The first-order valence-corrected chi connectivity index (χ1v) is 16.8. The van der Waals surface area contributed by atoms with Gasteiger partial charge >= 0.3 is 5.97 Å². The van der Waals surface area contributed by atoms with Gasteiger partial charge in [0.2, 0.25) is 29.5 Å². The number of nitrogens with two attached hydrogens (primary N) is 1. The number of nitrogens with zero attached hydrogens (tertiary/aromatic N) is 2. The molecule has 2 aliphatic rings. The van der Waals surface area contributed by atoms with Gasteiger partial charge in [-0.1, -0.05) is 60.7 Å². The molecular formula is C35H46N6O9. The zero-order chi connectivity index (χ0) is 36.4. The van der Waals surface area contributed by atoms with Crippen molar-refractivity contribution in [3.63, 3.8) is 0 Å². The minimum absolute atomic E-state index is 0.0133. The highest BCUT2D eigenvalue weighted by atomic mass is 16.4. The van der Waals surface area contributed by atoms with Crippen LogP contribution in [0, 0.1) is 0 Å². The summed E-state index contributed by atoms with van der Waals surface area (Å²) in [5.41, 5.74) is 7.49. The maximum absolute atomic E-state index is 14.1. The Morgan fingerprint density at radius 3 is 1.86 bits per heavy atom. The van der Waals surface area contributed by atoms with Crippen molar-refractivity contribution in [3.05, 3.63) is 71.8 Å². The van der Waals surface area contributed by atoms with Crippen molar-refractivity contribution in [1.29, 1.82) is 0 Å². The van der Waals surface area contributed by atoms with Crippen LogP contribution in [-0.4, -0.2) is 123 Å². The van der Waals surface area contributed by atoms with E-state index in [9.17, 15) is 44.1 Å². The summed E-state index contributed by atoms with van der Waals surface area (Å²) in [6.07, 6.45) is 0.394. The van der Waals surface area contributed by atoms with E-state index in [1.54, 1.807) is 54.6 Å². The van der Waals surface area contributed by atoms with E-state index in [1.807, 2.05) is 6.07 Å². The Hall–Kier alpha value is -4.86. The van der Waals surface area contributed by atoms with E-state index in [1.165, 1.54) is 16.7 Å². The lowest BCUT2D eigenvalue weighted by molar-refractivity contribution is -0.152. The second-order valence-corrected chi connectivity index (χ2v) is 12.7. The molecule has 2 aromatic carbocycles. The molecule has 0 aliphatic carbocycles. The summed E-state index contributed by atoms with van der Waals surface area (Å²) >= 11 is 0. The van der Waals surface area contributed by atoms with E-state index < -0.39 is 84.5 Å². The highest BCUT2D eigenvalue weighted by Gasteiger charge is 2.44. The number of amides is 5. The van der Waals surface area contributed by atoms with Crippen LogP contribution in [0.1, 0.15) is 43.7 Å². The maximum atomic E-state index is 14.1. The lowest BCUT2D eigenvalue weighted by atomic mass is 10.0. The van der Waals surface area contributed by atoms with Crippen LogP contribution in [0.3, 0.4) is 0 Å². The van der Waals surface area contributed by atoms with Gasteiger partial charge in [0.25, 0.3) is 0 Å². The fourth-order valence-electron chi connectivity index (χ4n) is 6.37. The van der Waals surface area contributed by atoms with E-state index in [0.717, 1.165) is 5.56 Å². The number of rotatable bonds is 15.